The van der Waals surface area contributed by atoms with Crippen molar-refractivity contribution in [1.29, 1.82) is 0 Å². The van der Waals surface area contributed by atoms with Crippen molar-refractivity contribution >= 4 is 11.9 Å². The number of ether oxygens (including phenoxy) is 3. The molecule has 0 saturated heterocycles. The number of unbranched alkanes of at least 4 members (excludes halogenated alkanes) is 24. The molecule has 0 bridgehead atoms. The molecule has 0 heterocycles. The SMILES string of the molecule is CCC/C=C\C/C=C\CCCCCCCC(=O)OC(COCCCCCCCC)COC(=O)CCCCCCCCC/C=C\CCCCCCCC. The summed E-state index contributed by atoms with van der Waals surface area (Å²) in [5, 5.41) is 0. The molecule has 0 rings (SSSR count). The average molecular weight is 731 g/mol. The molecule has 0 aliphatic rings. The fourth-order valence-corrected chi connectivity index (χ4v) is 6.25. The van der Waals surface area contributed by atoms with E-state index in [0.717, 1.165) is 57.8 Å². The highest BCUT2D eigenvalue weighted by atomic mass is 16.6. The largest absolute Gasteiger partial charge is 0.462 e. The van der Waals surface area contributed by atoms with Crippen molar-refractivity contribution in [3.8, 4) is 0 Å². The Kier molecular flexibility index (Phi) is 42.0. The van der Waals surface area contributed by atoms with Crippen LogP contribution in [0.3, 0.4) is 0 Å². The Morgan fingerprint density at radius 1 is 0.423 bits per heavy atom. The maximum atomic E-state index is 12.6. The monoisotopic (exact) mass is 731 g/mol. The molecular weight excluding hydrogens is 645 g/mol. The molecular formula is C47H86O5. The van der Waals surface area contributed by atoms with Gasteiger partial charge in [0, 0.05) is 19.4 Å². The van der Waals surface area contributed by atoms with Gasteiger partial charge in [0.1, 0.15) is 6.61 Å². The molecule has 0 N–H and O–H groups in total. The Hall–Kier alpha value is -1.88. The van der Waals surface area contributed by atoms with E-state index in [1.807, 2.05) is 0 Å². The van der Waals surface area contributed by atoms with Gasteiger partial charge in [0.2, 0.25) is 0 Å². The molecule has 0 spiro atoms. The summed E-state index contributed by atoms with van der Waals surface area (Å²) in [4.78, 5) is 25.1. The standard InChI is InChI=1S/C47H86O5/c1-4-7-10-13-16-18-20-22-23-24-25-27-28-30-32-34-37-40-46(48)51-44-45(43-50-42-39-36-15-12-9-6-3)52-47(49)41-38-35-33-31-29-26-21-19-17-14-11-8-5-2/h11,14,19,21-23,45H,4-10,12-13,15-18,20,24-44H2,1-3H3/b14-11-,21-19-,23-22-. The Labute approximate surface area is 323 Å². The van der Waals surface area contributed by atoms with Gasteiger partial charge in [-0.15, -0.1) is 0 Å². The van der Waals surface area contributed by atoms with Crippen LogP contribution in [-0.4, -0.2) is 37.9 Å². The molecule has 0 radical (unpaired) electrons. The minimum absolute atomic E-state index is 0.0798. The maximum Gasteiger partial charge on any atom is 0.306 e. The van der Waals surface area contributed by atoms with E-state index in [1.165, 1.54) is 135 Å². The highest BCUT2D eigenvalue weighted by Gasteiger charge is 2.17. The average Bonchev–Trinajstić information content (AvgIpc) is 3.14. The van der Waals surface area contributed by atoms with Crippen molar-refractivity contribution in [2.45, 2.75) is 232 Å². The van der Waals surface area contributed by atoms with Gasteiger partial charge in [-0.05, 0) is 70.6 Å². The second-order valence-electron chi connectivity index (χ2n) is 15.0. The topological polar surface area (TPSA) is 61.8 Å². The lowest BCUT2D eigenvalue weighted by Crippen LogP contribution is -2.30. The molecule has 52 heavy (non-hydrogen) atoms. The first-order valence-electron chi connectivity index (χ1n) is 22.5. The first-order chi connectivity index (χ1) is 25.6. The second-order valence-corrected chi connectivity index (χ2v) is 15.0. The summed E-state index contributed by atoms with van der Waals surface area (Å²) in [7, 11) is 0. The fraction of sp³-hybridized carbons (Fsp3) is 0.830. The van der Waals surface area contributed by atoms with Crippen molar-refractivity contribution < 1.29 is 23.8 Å². The van der Waals surface area contributed by atoms with Gasteiger partial charge in [0.15, 0.2) is 6.10 Å². The summed E-state index contributed by atoms with van der Waals surface area (Å²) in [6, 6.07) is 0. The number of hydrogen-bond acceptors (Lipinski definition) is 5. The molecule has 0 saturated carbocycles. The molecule has 0 amide bonds. The van der Waals surface area contributed by atoms with Crippen LogP contribution in [0.2, 0.25) is 0 Å². The number of carbonyl (C=O) groups excluding carboxylic acids is 2. The molecule has 0 aromatic rings. The Balaban J connectivity index is 4.11. The predicted octanol–water partition coefficient (Wildman–Crippen LogP) is 14.7. The lowest BCUT2D eigenvalue weighted by molar-refractivity contribution is -0.163. The van der Waals surface area contributed by atoms with E-state index in [1.54, 1.807) is 0 Å². The number of hydrogen-bond donors (Lipinski definition) is 0. The fourth-order valence-electron chi connectivity index (χ4n) is 6.25. The van der Waals surface area contributed by atoms with Crippen LogP contribution in [0, 0.1) is 0 Å². The van der Waals surface area contributed by atoms with Crippen molar-refractivity contribution in [1.82, 2.24) is 0 Å². The number of allylic oxidation sites excluding steroid dienone is 6. The zero-order chi connectivity index (χ0) is 37.8. The molecule has 0 fully saturated rings. The summed E-state index contributed by atoms with van der Waals surface area (Å²) < 4.78 is 17.2. The number of carbonyl (C=O) groups is 2. The van der Waals surface area contributed by atoms with Gasteiger partial charge in [0.25, 0.3) is 0 Å². The van der Waals surface area contributed by atoms with Crippen LogP contribution in [0.1, 0.15) is 226 Å². The summed E-state index contributed by atoms with van der Waals surface area (Å²) >= 11 is 0. The molecule has 0 aromatic carbocycles. The van der Waals surface area contributed by atoms with Gasteiger partial charge in [0.05, 0.1) is 6.61 Å². The first-order valence-corrected chi connectivity index (χ1v) is 22.5. The number of rotatable bonds is 41. The minimum Gasteiger partial charge on any atom is -0.462 e. The van der Waals surface area contributed by atoms with Crippen LogP contribution < -0.4 is 0 Å². The summed E-state index contributed by atoms with van der Waals surface area (Å²) in [5.74, 6) is -0.417. The third-order valence-corrected chi connectivity index (χ3v) is 9.63. The molecule has 0 aliphatic carbocycles. The van der Waals surface area contributed by atoms with Crippen molar-refractivity contribution in [3.63, 3.8) is 0 Å². The minimum atomic E-state index is -0.537. The van der Waals surface area contributed by atoms with Crippen LogP contribution in [0.25, 0.3) is 0 Å². The van der Waals surface area contributed by atoms with Gasteiger partial charge in [-0.2, -0.15) is 0 Å². The molecule has 5 heteroatoms. The third-order valence-electron chi connectivity index (χ3n) is 9.63. The van der Waals surface area contributed by atoms with Gasteiger partial charge in [-0.25, -0.2) is 0 Å². The van der Waals surface area contributed by atoms with E-state index in [9.17, 15) is 9.59 Å². The summed E-state index contributed by atoms with van der Waals surface area (Å²) in [6.45, 7) is 7.71. The van der Waals surface area contributed by atoms with E-state index >= 15 is 0 Å². The van der Waals surface area contributed by atoms with E-state index in [4.69, 9.17) is 14.2 Å². The predicted molar refractivity (Wildman–Crippen MR) is 224 cm³/mol. The van der Waals surface area contributed by atoms with E-state index in [-0.39, 0.29) is 25.2 Å². The Morgan fingerprint density at radius 2 is 0.846 bits per heavy atom. The van der Waals surface area contributed by atoms with Crippen LogP contribution in [0.5, 0.6) is 0 Å². The zero-order valence-electron chi connectivity index (χ0n) is 34.8. The quantitative estimate of drug-likeness (QED) is 0.0356. The van der Waals surface area contributed by atoms with Crippen molar-refractivity contribution in [2.75, 3.05) is 19.8 Å². The van der Waals surface area contributed by atoms with Gasteiger partial charge in [-0.3, -0.25) is 9.59 Å². The number of esters is 2. The van der Waals surface area contributed by atoms with Crippen LogP contribution in [0.15, 0.2) is 36.5 Å². The molecule has 304 valence electrons. The van der Waals surface area contributed by atoms with Gasteiger partial charge >= 0.3 is 11.9 Å². The highest BCUT2D eigenvalue weighted by Crippen LogP contribution is 2.13. The third kappa shape index (κ3) is 40.9. The molecule has 5 nitrogen and oxygen atoms in total. The Morgan fingerprint density at radius 3 is 1.37 bits per heavy atom. The Bertz CT molecular complexity index is 832. The molecule has 0 aliphatic heterocycles. The lowest BCUT2D eigenvalue weighted by Gasteiger charge is -2.18. The molecule has 1 unspecified atom stereocenters. The first kappa shape index (κ1) is 50.1. The van der Waals surface area contributed by atoms with Crippen molar-refractivity contribution in [2.24, 2.45) is 0 Å². The summed E-state index contributed by atoms with van der Waals surface area (Å²) in [5.41, 5.74) is 0. The van der Waals surface area contributed by atoms with E-state index < -0.39 is 6.10 Å². The van der Waals surface area contributed by atoms with E-state index in [2.05, 4.69) is 57.2 Å². The lowest BCUT2D eigenvalue weighted by atomic mass is 10.1. The molecule has 1 atom stereocenters. The highest BCUT2D eigenvalue weighted by molar-refractivity contribution is 5.70. The summed E-state index contributed by atoms with van der Waals surface area (Å²) in [6.07, 6.45) is 50.1. The molecule has 0 aromatic heterocycles. The van der Waals surface area contributed by atoms with Crippen LogP contribution in [-0.2, 0) is 23.8 Å². The zero-order valence-corrected chi connectivity index (χ0v) is 34.8. The van der Waals surface area contributed by atoms with Gasteiger partial charge in [-0.1, -0.05) is 179 Å². The second kappa shape index (κ2) is 43.5. The van der Waals surface area contributed by atoms with Crippen molar-refractivity contribution in [3.05, 3.63) is 36.5 Å². The van der Waals surface area contributed by atoms with E-state index in [0.29, 0.717) is 19.4 Å². The maximum absolute atomic E-state index is 12.6. The van der Waals surface area contributed by atoms with Crippen LogP contribution in [0.4, 0.5) is 0 Å². The van der Waals surface area contributed by atoms with Gasteiger partial charge < -0.3 is 14.2 Å². The van der Waals surface area contributed by atoms with Crippen LogP contribution >= 0.6 is 0 Å². The normalized spacial score (nSPS) is 12.4. The smallest absolute Gasteiger partial charge is 0.306 e.